The predicted octanol–water partition coefficient (Wildman–Crippen LogP) is 13.2. The fraction of sp³-hybridized carbons (Fsp3) is 0.432. The largest absolute Gasteiger partial charge is 0.311 e. The van der Waals surface area contributed by atoms with Crippen molar-refractivity contribution in [1.29, 1.82) is 0 Å². The van der Waals surface area contributed by atoms with Gasteiger partial charge in [-0.3, -0.25) is 0 Å². The number of benzene rings is 7. The van der Waals surface area contributed by atoms with E-state index in [4.69, 9.17) is 0 Å². The molecule has 0 spiro atoms. The quantitative estimate of drug-likeness (QED) is 0.156. The van der Waals surface area contributed by atoms with Crippen molar-refractivity contribution in [3.63, 3.8) is 0 Å². The normalized spacial score (nSPS) is 20.1. The molecule has 4 fully saturated rings. The molecule has 3 nitrogen and oxygen atoms in total. The molecule has 10 aliphatic rings. The average Bonchev–Trinajstić information content (AvgIpc) is 2.32. The summed E-state index contributed by atoms with van der Waals surface area (Å²) < 4.78 is 8.92. The zero-order valence-electron chi connectivity index (χ0n) is 48.5. The van der Waals surface area contributed by atoms with E-state index >= 15 is 0 Å². The first kappa shape index (κ1) is 45.7. The monoisotopic (exact) mass is 1040 g/mol. The van der Waals surface area contributed by atoms with Gasteiger partial charge < -0.3 is 13.7 Å². The van der Waals surface area contributed by atoms with Crippen LogP contribution in [0.5, 0.6) is 0 Å². The fourth-order valence-electron chi connectivity index (χ4n) is 20.4. The fourth-order valence-corrected chi connectivity index (χ4v) is 20.4. The van der Waals surface area contributed by atoms with Crippen molar-refractivity contribution in [1.82, 2.24) is 13.7 Å². The zero-order valence-corrected chi connectivity index (χ0v) is 48.5. The van der Waals surface area contributed by atoms with Crippen LogP contribution in [0.3, 0.4) is 0 Å². The number of hydrogen-bond acceptors (Lipinski definition) is 0. The smallest absolute Gasteiger partial charge is 0.252 e. The molecule has 80 heavy (non-hydrogen) atoms. The number of rotatable bonds is 4. The number of hydrogen-bond donors (Lipinski definition) is 0. The zero-order chi connectivity index (χ0) is 52.7. The maximum absolute atomic E-state index is 2.99. The third-order valence-corrected chi connectivity index (χ3v) is 24.1. The van der Waals surface area contributed by atoms with E-state index in [1.807, 2.05) is 0 Å². The van der Waals surface area contributed by atoms with Gasteiger partial charge in [-0.25, -0.2) is 0 Å². The van der Waals surface area contributed by atoms with Crippen molar-refractivity contribution in [2.45, 2.75) is 204 Å². The Labute approximate surface area is 473 Å². The van der Waals surface area contributed by atoms with Gasteiger partial charge in [-0.1, -0.05) is 155 Å². The van der Waals surface area contributed by atoms with Crippen molar-refractivity contribution in [2.24, 2.45) is 0 Å². The molecule has 6 aliphatic heterocycles. The molecule has 0 unspecified atom stereocenters. The van der Waals surface area contributed by atoms with Gasteiger partial charge in [0, 0.05) is 82.5 Å². The van der Waals surface area contributed by atoms with Gasteiger partial charge in [0.05, 0.1) is 0 Å². The SMILES string of the molecule is CC(C)(C)c1cc2c3c(c1)c1cc(C4CCCCC4)cc4c1n3-c1c3c5c6c7c1B2c1cc(C(C)(C)C)cc2c8cc(C9CCCCC9)cc(c8n-7c12)B6c1cc(C2CCCCC2)cc2c6cc(C7CCCCC7)cc(c6n-5c12)B34. The van der Waals surface area contributed by atoms with E-state index in [2.05, 4.69) is 128 Å². The van der Waals surface area contributed by atoms with E-state index in [1.165, 1.54) is 183 Å². The highest BCUT2D eigenvalue weighted by Crippen LogP contribution is 2.50. The Kier molecular flexibility index (Phi) is 8.70. The van der Waals surface area contributed by atoms with E-state index in [0.717, 1.165) is 0 Å². The summed E-state index contributed by atoms with van der Waals surface area (Å²) in [4.78, 5) is 0. The Bertz CT molecular complexity index is 4270. The summed E-state index contributed by atoms with van der Waals surface area (Å²) >= 11 is 0. The lowest BCUT2D eigenvalue weighted by molar-refractivity contribution is 0.444. The molecule has 10 aromatic rings. The molecule has 3 aromatic heterocycles. The van der Waals surface area contributed by atoms with Crippen molar-refractivity contribution in [3.05, 3.63) is 106 Å². The molecule has 394 valence electrons. The van der Waals surface area contributed by atoms with E-state index in [9.17, 15) is 0 Å². The number of nitrogens with zero attached hydrogens (tertiary/aromatic N) is 3. The van der Waals surface area contributed by atoms with Gasteiger partial charge in [-0.05, 0) is 205 Å². The van der Waals surface area contributed by atoms with E-state index < -0.39 is 0 Å². The van der Waals surface area contributed by atoms with Crippen LogP contribution >= 0.6 is 0 Å². The first-order valence-corrected chi connectivity index (χ1v) is 32.7. The average molecular weight is 1040 g/mol. The van der Waals surface area contributed by atoms with Gasteiger partial charge in [0.1, 0.15) is 0 Å². The number of aromatic nitrogens is 3. The van der Waals surface area contributed by atoms with Crippen LogP contribution in [-0.4, -0.2) is 33.8 Å². The van der Waals surface area contributed by atoms with E-state index in [1.54, 1.807) is 110 Å². The molecule has 4 aliphatic carbocycles. The lowest BCUT2D eigenvalue weighted by Gasteiger charge is -2.46. The Morgan fingerprint density at radius 1 is 0.287 bits per heavy atom. The molecule has 6 heteroatoms. The highest BCUT2D eigenvalue weighted by molar-refractivity contribution is 7.08. The van der Waals surface area contributed by atoms with Gasteiger partial charge in [0.2, 0.25) is 0 Å². The van der Waals surface area contributed by atoms with Crippen molar-refractivity contribution in [2.75, 3.05) is 0 Å². The predicted molar refractivity (Wildman–Crippen MR) is 344 cm³/mol. The maximum atomic E-state index is 2.99. The molecule has 0 N–H and O–H groups in total. The van der Waals surface area contributed by atoms with Crippen molar-refractivity contribution < 1.29 is 0 Å². The van der Waals surface area contributed by atoms with Crippen LogP contribution in [0.4, 0.5) is 0 Å². The molecule has 0 atom stereocenters. The molecular weight excluding hydrogens is 963 g/mol. The first-order valence-electron chi connectivity index (χ1n) is 32.7. The molecule has 0 radical (unpaired) electrons. The van der Waals surface area contributed by atoms with Crippen molar-refractivity contribution in [3.8, 4) is 17.1 Å². The lowest BCUT2D eigenvalue weighted by atomic mass is 9.26. The standard InChI is InChI=1S/C74H74B3N3/c1-73(2,3)47-35-53-51-29-45(41-23-15-9-16-24-41)33-57-66(51)79-68(53)59(37-47)77-60-38-48(74(4,5)6)36-54-52-30-46(42-25-17-10-18-26-42)34-58-67(52)80(69(54)60)72-62-70-61(71(79)63(72)77)75(57)55-31-43(39-19-11-7-12-20-39)27-49-50-28-44(40-21-13-8-14-22-40)32-56(76(58)62)65(50)78(70)64(49)55/h27-42H,7-26H2,1-6H3. The third-order valence-electron chi connectivity index (χ3n) is 24.1. The van der Waals surface area contributed by atoms with Crippen LogP contribution in [0.25, 0.3) is 82.5 Å². The summed E-state index contributed by atoms with van der Waals surface area (Å²) in [6.45, 7) is 15.3. The van der Waals surface area contributed by atoms with Gasteiger partial charge in [0.25, 0.3) is 20.1 Å². The summed E-state index contributed by atoms with van der Waals surface area (Å²) in [6, 6.07) is 33.5. The van der Waals surface area contributed by atoms with Crippen LogP contribution in [0.2, 0.25) is 0 Å². The highest BCUT2D eigenvalue weighted by Gasteiger charge is 2.55. The minimum atomic E-state index is -0.0222. The third kappa shape index (κ3) is 5.48. The second-order valence-corrected chi connectivity index (χ2v) is 30.4. The summed E-state index contributed by atoms with van der Waals surface area (Å²) in [5.74, 6) is 2.45. The summed E-state index contributed by atoms with van der Waals surface area (Å²) in [5, 5.41) is 9.16. The molecular formula is C74H74B3N3. The van der Waals surface area contributed by atoms with Crippen molar-refractivity contribution >= 4 is 135 Å². The summed E-state index contributed by atoms with van der Waals surface area (Å²) in [7, 11) is 0. The molecule has 20 rings (SSSR count). The first-order chi connectivity index (χ1) is 39.0. The molecule has 0 amide bonds. The van der Waals surface area contributed by atoms with Crippen LogP contribution in [0, 0.1) is 0 Å². The number of fused-ring (bicyclic) bond motifs is 9. The van der Waals surface area contributed by atoms with Crippen LogP contribution in [0.15, 0.2) is 72.8 Å². The van der Waals surface area contributed by atoms with Gasteiger partial charge in [-0.15, -0.1) is 0 Å². The van der Waals surface area contributed by atoms with Crippen LogP contribution in [-0.2, 0) is 10.8 Å². The van der Waals surface area contributed by atoms with E-state index in [0.29, 0.717) is 23.7 Å². The molecule has 0 saturated heterocycles. The Morgan fingerprint density at radius 3 is 0.750 bits per heavy atom. The summed E-state index contributed by atoms with van der Waals surface area (Å²) in [6.07, 6.45) is 26.9. The second kappa shape index (κ2) is 15.2. The minimum absolute atomic E-state index is 0.0222. The Balaban J connectivity index is 1.04. The lowest BCUT2D eigenvalue weighted by Crippen LogP contribution is -2.72. The van der Waals surface area contributed by atoms with Crippen LogP contribution in [0.1, 0.15) is 227 Å². The minimum Gasteiger partial charge on any atom is -0.311 e. The molecule has 9 heterocycles. The Morgan fingerprint density at radius 2 is 0.512 bits per heavy atom. The molecule has 4 saturated carbocycles. The highest BCUT2D eigenvalue weighted by atomic mass is 15.1. The Hall–Kier alpha value is -5.87. The topological polar surface area (TPSA) is 14.8 Å². The second-order valence-electron chi connectivity index (χ2n) is 30.4. The van der Waals surface area contributed by atoms with Gasteiger partial charge in [0.15, 0.2) is 0 Å². The molecule has 0 bridgehead atoms. The van der Waals surface area contributed by atoms with E-state index in [-0.39, 0.29) is 31.0 Å². The van der Waals surface area contributed by atoms with Crippen LogP contribution < -0.4 is 49.2 Å². The maximum Gasteiger partial charge on any atom is 0.252 e. The van der Waals surface area contributed by atoms with Gasteiger partial charge in [-0.2, -0.15) is 0 Å². The summed E-state index contributed by atoms with van der Waals surface area (Å²) in [5.41, 5.74) is 37.7. The molecule has 7 aromatic carbocycles. The van der Waals surface area contributed by atoms with Gasteiger partial charge >= 0.3 is 0 Å².